The lowest BCUT2D eigenvalue weighted by molar-refractivity contribution is 0.351. The molecule has 0 amide bonds. The maximum Gasteiger partial charge on any atom is 0.226 e. The number of aromatic amines is 1. The van der Waals surface area contributed by atoms with Crippen LogP contribution in [-0.2, 0) is 0 Å². The molecule has 1 unspecified atom stereocenters. The zero-order valence-corrected chi connectivity index (χ0v) is 13.1. The fourth-order valence-electron chi connectivity index (χ4n) is 3.16. The van der Waals surface area contributed by atoms with Gasteiger partial charge in [-0.2, -0.15) is 9.97 Å². The molecule has 3 rings (SSSR count). The summed E-state index contributed by atoms with van der Waals surface area (Å²) in [4.78, 5) is 18.9. The highest BCUT2D eigenvalue weighted by molar-refractivity contribution is 5.84. The van der Waals surface area contributed by atoms with Crippen LogP contribution < -0.4 is 10.2 Å². The van der Waals surface area contributed by atoms with E-state index in [1.54, 1.807) is 6.33 Å². The highest BCUT2D eigenvalue weighted by Crippen LogP contribution is 2.29. The minimum absolute atomic E-state index is 0.634. The first-order valence-electron chi connectivity index (χ1n) is 7.83. The maximum atomic E-state index is 4.66. The van der Waals surface area contributed by atoms with E-state index in [0.29, 0.717) is 5.95 Å². The molecule has 114 valence electrons. The van der Waals surface area contributed by atoms with Crippen LogP contribution >= 0.6 is 0 Å². The van der Waals surface area contributed by atoms with Gasteiger partial charge in [-0.1, -0.05) is 13.8 Å². The lowest BCUT2D eigenvalue weighted by Crippen LogP contribution is -2.26. The molecule has 1 atom stereocenters. The smallest absolute Gasteiger partial charge is 0.226 e. The van der Waals surface area contributed by atoms with Gasteiger partial charge < -0.3 is 15.2 Å². The van der Waals surface area contributed by atoms with Crippen molar-refractivity contribution in [2.45, 2.75) is 33.1 Å². The van der Waals surface area contributed by atoms with Gasteiger partial charge in [0.25, 0.3) is 0 Å². The van der Waals surface area contributed by atoms with Crippen LogP contribution in [0.4, 0.5) is 11.8 Å². The number of anilines is 2. The van der Waals surface area contributed by atoms with Crippen molar-refractivity contribution >= 4 is 22.9 Å². The van der Waals surface area contributed by atoms with Gasteiger partial charge in [0.05, 0.1) is 6.33 Å². The van der Waals surface area contributed by atoms with Gasteiger partial charge in [0.2, 0.25) is 5.95 Å². The summed E-state index contributed by atoms with van der Waals surface area (Å²) >= 11 is 0. The van der Waals surface area contributed by atoms with Crippen molar-refractivity contribution in [3.63, 3.8) is 0 Å². The van der Waals surface area contributed by atoms with Gasteiger partial charge in [0, 0.05) is 20.1 Å². The van der Waals surface area contributed by atoms with E-state index in [0.717, 1.165) is 41.9 Å². The third-order valence-electron chi connectivity index (χ3n) is 4.51. The van der Waals surface area contributed by atoms with E-state index < -0.39 is 0 Å². The Hall–Kier alpha value is -1.85. The molecule has 1 aliphatic heterocycles. The molecule has 2 aromatic heterocycles. The van der Waals surface area contributed by atoms with E-state index in [4.69, 9.17) is 0 Å². The molecule has 0 aromatic carbocycles. The van der Waals surface area contributed by atoms with Gasteiger partial charge in [-0.3, -0.25) is 0 Å². The largest absolute Gasteiger partial charge is 0.357 e. The maximum absolute atomic E-state index is 4.66. The van der Waals surface area contributed by atoms with Crippen molar-refractivity contribution in [1.82, 2.24) is 19.9 Å². The Morgan fingerprint density at radius 2 is 2.14 bits per heavy atom. The summed E-state index contributed by atoms with van der Waals surface area (Å²) in [6, 6.07) is 0. The fraction of sp³-hybridized carbons (Fsp3) is 0.667. The van der Waals surface area contributed by atoms with Gasteiger partial charge in [-0.25, -0.2) is 4.98 Å². The van der Waals surface area contributed by atoms with Crippen molar-refractivity contribution < 1.29 is 0 Å². The molecule has 0 aliphatic carbocycles. The van der Waals surface area contributed by atoms with E-state index in [1.165, 1.54) is 19.3 Å². The van der Waals surface area contributed by atoms with E-state index in [1.807, 2.05) is 7.05 Å². The summed E-state index contributed by atoms with van der Waals surface area (Å²) in [6.07, 6.45) is 5.45. The Bertz CT molecular complexity index is 605. The third kappa shape index (κ3) is 2.80. The number of hydrogen-bond acceptors (Lipinski definition) is 5. The van der Waals surface area contributed by atoms with Crippen LogP contribution in [0.25, 0.3) is 11.2 Å². The predicted octanol–water partition coefficient (Wildman–Crippen LogP) is 2.66. The van der Waals surface area contributed by atoms with Crippen LogP contribution in [0, 0.1) is 11.8 Å². The summed E-state index contributed by atoms with van der Waals surface area (Å²) in [5, 5.41) is 3.03. The molecule has 1 aliphatic rings. The van der Waals surface area contributed by atoms with E-state index in [-0.39, 0.29) is 0 Å². The number of nitrogens with one attached hydrogen (secondary N) is 2. The molecule has 1 saturated heterocycles. The van der Waals surface area contributed by atoms with Gasteiger partial charge >= 0.3 is 0 Å². The summed E-state index contributed by atoms with van der Waals surface area (Å²) in [5.74, 6) is 3.19. The number of aromatic nitrogens is 4. The average molecular weight is 288 g/mol. The van der Waals surface area contributed by atoms with Crippen LogP contribution in [0.2, 0.25) is 0 Å². The topological polar surface area (TPSA) is 69.7 Å². The second-order valence-electron chi connectivity index (χ2n) is 6.14. The molecular formula is C15H24N6. The van der Waals surface area contributed by atoms with Crippen LogP contribution in [0.1, 0.15) is 33.1 Å². The quantitative estimate of drug-likeness (QED) is 0.908. The number of H-pyrrole nitrogens is 1. The number of hydrogen-bond donors (Lipinski definition) is 2. The van der Waals surface area contributed by atoms with Crippen molar-refractivity contribution in [3.8, 4) is 0 Å². The van der Waals surface area contributed by atoms with E-state index in [9.17, 15) is 0 Å². The standard InChI is InChI=1S/C15H24N6/c1-10(2)11-5-4-7-21(8-6-11)14-12-13(18-9-17-12)19-15(16-3)20-14/h9-11H,4-8H2,1-3H3,(H2,16,17,18,19,20). The van der Waals surface area contributed by atoms with Crippen molar-refractivity contribution in [2.24, 2.45) is 11.8 Å². The second kappa shape index (κ2) is 5.87. The molecule has 2 aromatic rings. The molecule has 0 saturated carbocycles. The minimum Gasteiger partial charge on any atom is -0.357 e. The Morgan fingerprint density at radius 3 is 2.90 bits per heavy atom. The molecule has 1 fully saturated rings. The third-order valence-corrected chi connectivity index (χ3v) is 4.51. The van der Waals surface area contributed by atoms with Crippen LogP contribution in [0.15, 0.2) is 6.33 Å². The highest BCUT2D eigenvalue weighted by atomic mass is 15.2. The SMILES string of the molecule is CNc1nc(N2CCCC(C(C)C)CC2)c2[nH]cnc2n1. The van der Waals surface area contributed by atoms with Gasteiger partial charge in [0.1, 0.15) is 5.52 Å². The molecule has 21 heavy (non-hydrogen) atoms. The fourth-order valence-corrected chi connectivity index (χ4v) is 3.16. The van der Waals surface area contributed by atoms with Gasteiger partial charge in [-0.05, 0) is 31.1 Å². The van der Waals surface area contributed by atoms with Crippen molar-refractivity contribution in [1.29, 1.82) is 0 Å². The first kappa shape index (κ1) is 14.1. The summed E-state index contributed by atoms with van der Waals surface area (Å²) in [5.41, 5.74) is 1.67. The zero-order chi connectivity index (χ0) is 14.8. The zero-order valence-electron chi connectivity index (χ0n) is 13.1. The van der Waals surface area contributed by atoms with Crippen molar-refractivity contribution in [3.05, 3.63) is 6.33 Å². The molecule has 2 N–H and O–H groups in total. The van der Waals surface area contributed by atoms with E-state index >= 15 is 0 Å². The molecule has 0 radical (unpaired) electrons. The van der Waals surface area contributed by atoms with Crippen LogP contribution in [-0.4, -0.2) is 40.1 Å². The molecule has 3 heterocycles. The summed E-state index contributed by atoms with van der Waals surface area (Å²) in [6.45, 7) is 6.77. The molecule has 0 bridgehead atoms. The predicted molar refractivity (Wildman–Crippen MR) is 85.6 cm³/mol. The normalized spacial score (nSPS) is 20.0. The minimum atomic E-state index is 0.634. The number of rotatable bonds is 3. The van der Waals surface area contributed by atoms with Crippen LogP contribution in [0.3, 0.4) is 0 Å². The van der Waals surface area contributed by atoms with E-state index in [2.05, 4.69) is 44.0 Å². The van der Waals surface area contributed by atoms with Crippen LogP contribution in [0.5, 0.6) is 0 Å². The number of fused-ring (bicyclic) bond motifs is 1. The Labute approximate surface area is 125 Å². The highest BCUT2D eigenvalue weighted by Gasteiger charge is 2.22. The Kier molecular flexibility index (Phi) is 3.94. The first-order valence-corrected chi connectivity index (χ1v) is 7.83. The Morgan fingerprint density at radius 1 is 1.29 bits per heavy atom. The Balaban J connectivity index is 1.90. The molecule has 6 nitrogen and oxygen atoms in total. The van der Waals surface area contributed by atoms with Crippen molar-refractivity contribution in [2.75, 3.05) is 30.4 Å². The first-order chi connectivity index (χ1) is 10.2. The van der Waals surface area contributed by atoms with Gasteiger partial charge in [-0.15, -0.1) is 0 Å². The lowest BCUT2D eigenvalue weighted by atomic mass is 9.89. The lowest BCUT2D eigenvalue weighted by Gasteiger charge is -2.23. The number of nitrogens with zero attached hydrogens (tertiary/aromatic N) is 4. The molecule has 0 spiro atoms. The summed E-state index contributed by atoms with van der Waals surface area (Å²) in [7, 11) is 1.84. The summed E-state index contributed by atoms with van der Waals surface area (Å²) < 4.78 is 0. The second-order valence-corrected chi connectivity index (χ2v) is 6.14. The molecular weight excluding hydrogens is 264 g/mol. The molecule has 6 heteroatoms. The number of imidazole rings is 1. The monoisotopic (exact) mass is 288 g/mol. The average Bonchev–Trinajstić information content (AvgIpc) is 2.81. The van der Waals surface area contributed by atoms with Gasteiger partial charge in [0.15, 0.2) is 11.5 Å².